The molecular formula is C10H15N5O2. The van der Waals surface area contributed by atoms with E-state index < -0.39 is 4.92 Å². The molecule has 2 aliphatic rings. The van der Waals surface area contributed by atoms with Gasteiger partial charge in [0.1, 0.15) is 6.20 Å². The normalized spacial score (nSPS) is 31.6. The fourth-order valence-corrected chi connectivity index (χ4v) is 3.02. The molecule has 0 radical (unpaired) electrons. The topological polar surface area (TPSA) is 90.2 Å². The maximum absolute atomic E-state index is 10.7. The van der Waals surface area contributed by atoms with Gasteiger partial charge in [-0.1, -0.05) is 0 Å². The molecule has 7 nitrogen and oxygen atoms in total. The van der Waals surface area contributed by atoms with Gasteiger partial charge < -0.3 is 10.6 Å². The highest BCUT2D eigenvalue weighted by Gasteiger charge is 2.37. The molecule has 3 atom stereocenters. The third-order valence-corrected chi connectivity index (χ3v) is 3.92. The number of nitro groups is 1. The van der Waals surface area contributed by atoms with Crippen molar-refractivity contribution in [2.45, 2.75) is 18.9 Å². The minimum Gasteiger partial charge on any atom is -0.378 e. The molecule has 1 aromatic rings. The van der Waals surface area contributed by atoms with Crippen LogP contribution in [-0.2, 0) is 0 Å². The second kappa shape index (κ2) is 3.69. The second-order valence-corrected chi connectivity index (χ2v) is 4.82. The van der Waals surface area contributed by atoms with Crippen LogP contribution < -0.4 is 5.73 Å². The average Bonchev–Trinajstić information content (AvgIpc) is 2.85. The van der Waals surface area contributed by atoms with Crippen LogP contribution in [0.2, 0.25) is 0 Å². The summed E-state index contributed by atoms with van der Waals surface area (Å²) in [5, 5.41) is 14.9. The zero-order valence-corrected chi connectivity index (χ0v) is 9.45. The first-order valence-corrected chi connectivity index (χ1v) is 5.86. The van der Waals surface area contributed by atoms with Crippen LogP contribution in [0.15, 0.2) is 6.20 Å². The molecule has 2 fully saturated rings. The monoisotopic (exact) mass is 237 g/mol. The third kappa shape index (κ3) is 1.57. The van der Waals surface area contributed by atoms with Crippen molar-refractivity contribution in [3.05, 3.63) is 16.3 Å². The van der Waals surface area contributed by atoms with Gasteiger partial charge >= 0.3 is 5.69 Å². The molecule has 17 heavy (non-hydrogen) atoms. The Morgan fingerprint density at radius 3 is 2.94 bits per heavy atom. The first-order valence-electron chi connectivity index (χ1n) is 5.86. The standard InChI is InChI=1S/C10H15N5O2/c11-10-9(15(16)17)5-12-14(10)8-2-4-13-3-1-7(8)6-13/h5,7-8H,1-4,6,11H2. The van der Waals surface area contributed by atoms with Crippen LogP contribution in [0, 0.1) is 16.0 Å². The van der Waals surface area contributed by atoms with Gasteiger partial charge in [-0.2, -0.15) is 5.10 Å². The highest BCUT2D eigenvalue weighted by atomic mass is 16.6. The summed E-state index contributed by atoms with van der Waals surface area (Å²) in [6.07, 6.45) is 3.38. The minimum absolute atomic E-state index is 0.0783. The lowest BCUT2D eigenvalue weighted by Gasteiger charge is -2.30. The van der Waals surface area contributed by atoms with E-state index in [0.717, 1.165) is 32.5 Å². The van der Waals surface area contributed by atoms with Crippen molar-refractivity contribution in [2.24, 2.45) is 5.92 Å². The van der Waals surface area contributed by atoms with Crippen LogP contribution in [0.25, 0.3) is 0 Å². The molecule has 2 saturated heterocycles. The molecule has 0 aromatic carbocycles. The number of anilines is 1. The summed E-state index contributed by atoms with van der Waals surface area (Å²) < 4.78 is 1.66. The lowest BCUT2D eigenvalue weighted by Crippen LogP contribution is -2.34. The summed E-state index contributed by atoms with van der Waals surface area (Å²) in [4.78, 5) is 12.7. The second-order valence-electron chi connectivity index (χ2n) is 4.82. The van der Waals surface area contributed by atoms with Gasteiger partial charge in [-0.25, -0.2) is 4.68 Å². The molecule has 0 amide bonds. The van der Waals surface area contributed by atoms with E-state index in [1.165, 1.54) is 6.20 Å². The maximum Gasteiger partial charge on any atom is 0.330 e. The van der Waals surface area contributed by atoms with Crippen LogP contribution in [0.3, 0.4) is 0 Å². The number of aromatic nitrogens is 2. The molecule has 0 aliphatic carbocycles. The molecule has 3 unspecified atom stereocenters. The van der Waals surface area contributed by atoms with E-state index in [0.29, 0.717) is 5.92 Å². The molecule has 3 rings (SSSR count). The number of rotatable bonds is 2. The van der Waals surface area contributed by atoms with Crippen molar-refractivity contribution in [1.82, 2.24) is 14.7 Å². The number of nitrogen functional groups attached to an aromatic ring is 1. The van der Waals surface area contributed by atoms with Crippen LogP contribution in [-0.4, -0.2) is 39.2 Å². The number of piperidine rings is 1. The van der Waals surface area contributed by atoms with E-state index in [9.17, 15) is 10.1 Å². The molecule has 2 aliphatic heterocycles. The Bertz CT molecular complexity index is 458. The fourth-order valence-electron chi connectivity index (χ4n) is 3.02. The van der Waals surface area contributed by atoms with Crippen molar-refractivity contribution in [3.63, 3.8) is 0 Å². The predicted molar refractivity (Wildman–Crippen MR) is 61.5 cm³/mol. The summed E-state index contributed by atoms with van der Waals surface area (Å²) in [5.41, 5.74) is 5.73. The van der Waals surface area contributed by atoms with Crippen molar-refractivity contribution < 1.29 is 4.92 Å². The highest BCUT2D eigenvalue weighted by Crippen LogP contribution is 2.37. The maximum atomic E-state index is 10.7. The van der Waals surface area contributed by atoms with E-state index in [1.807, 2.05) is 0 Å². The Labute approximate surface area is 98.3 Å². The zero-order valence-electron chi connectivity index (χ0n) is 9.45. The van der Waals surface area contributed by atoms with E-state index in [4.69, 9.17) is 5.73 Å². The lowest BCUT2D eigenvalue weighted by atomic mass is 9.94. The lowest BCUT2D eigenvalue weighted by molar-refractivity contribution is -0.384. The van der Waals surface area contributed by atoms with E-state index in [-0.39, 0.29) is 17.5 Å². The van der Waals surface area contributed by atoms with Gasteiger partial charge in [-0.15, -0.1) is 0 Å². The summed E-state index contributed by atoms with van der Waals surface area (Å²) in [6.45, 7) is 3.23. The van der Waals surface area contributed by atoms with Crippen LogP contribution in [0.1, 0.15) is 18.9 Å². The van der Waals surface area contributed by atoms with Crippen LogP contribution in [0.5, 0.6) is 0 Å². The molecular weight excluding hydrogens is 222 g/mol. The van der Waals surface area contributed by atoms with Gasteiger partial charge in [0.25, 0.3) is 0 Å². The number of nitrogens with two attached hydrogens (primary N) is 1. The molecule has 1 aromatic heterocycles. The van der Waals surface area contributed by atoms with Gasteiger partial charge in [0.2, 0.25) is 5.82 Å². The molecule has 0 spiro atoms. The summed E-state index contributed by atoms with van der Waals surface area (Å²) in [5.74, 6) is 0.728. The first-order chi connectivity index (χ1) is 8.16. The average molecular weight is 237 g/mol. The van der Waals surface area contributed by atoms with Crippen molar-refractivity contribution in [1.29, 1.82) is 0 Å². The number of fused-ring (bicyclic) bond motifs is 2. The number of hydrogen-bond donors (Lipinski definition) is 1. The quantitative estimate of drug-likeness (QED) is 0.602. The Hall–Kier alpha value is -1.63. The van der Waals surface area contributed by atoms with Gasteiger partial charge in [0.05, 0.1) is 11.0 Å². The van der Waals surface area contributed by atoms with Crippen molar-refractivity contribution >= 4 is 11.5 Å². The fraction of sp³-hybridized carbons (Fsp3) is 0.700. The van der Waals surface area contributed by atoms with E-state index in [1.54, 1.807) is 4.68 Å². The minimum atomic E-state index is -0.470. The number of hydrogen-bond acceptors (Lipinski definition) is 5. The highest BCUT2D eigenvalue weighted by molar-refractivity contribution is 5.51. The van der Waals surface area contributed by atoms with Gasteiger partial charge in [-0.05, 0) is 25.3 Å². The summed E-state index contributed by atoms with van der Waals surface area (Å²) >= 11 is 0. The summed E-state index contributed by atoms with van der Waals surface area (Å²) in [7, 11) is 0. The van der Waals surface area contributed by atoms with Gasteiger partial charge in [0.15, 0.2) is 0 Å². The smallest absolute Gasteiger partial charge is 0.330 e. The molecule has 3 heterocycles. The van der Waals surface area contributed by atoms with Crippen molar-refractivity contribution in [3.8, 4) is 0 Å². The largest absolute Gasteiger partial charge is 0.378 e. The van der Waals surface area contributed by atoms with Crippen LogP contribution >= 0.6 is 0 Å². The third-order valence-electron chi connectivity index (χ3n) is 3.92. The molecule has 2 bridgehead atoms. The van der Waals surface area contributed by atoms with Crippen LogP contribution in [0.4, 0.5) is 11.5 Å². The van der Waals surface area contributed by atoms with Crippen molar-refractivity contribution in [2.75, 3.05) is 25.4 Å². The number of nitrogens with zero attached hydrogens (tertiary/aromatic N) is 4. The van der Waals surface area contributed by atoms with E-state index in [2.05, 4.69) is 10.00 Å². The molecule has 7 heteroatoms. The molecule has 2 N–H and O–H groups in total. The Morgan fingerprint density at radius 2 is 2.24 bits per heavy atom. The molecule has 0 saturated carbocycles. The van der Waals surface area contributed by atoms with E-state index >= 15 is 0 Å². The van der Waals surface area contributed by atoms with Gasteiger partial charge in [-0.3, -0.25) is 10.1 Å². The Balaban J connectivity index is 1.91. The predicted octanol–water partition coefficient (Wildman–Crippen LogP) is 0.640. The Kier molecular flexibility index (Phi) is 2.29. The SMILES string of the molecule is Nc1c([N+](=O)[O-])cnn1C1CCN2CCC1C2. The zero-order chi connectivity index (χ0) is 12.0. The molecule has 92 valence electrons. The first kappa shape index (κ1) is 10.5. The van der Waals surface area contributed by atoms with Gasteiger partial charge in [0, 0.05) is 13.1 Å². The summed E-state index contributed by atoms with van der Waals surface area (Å²) in [6, 6.07) is 0.224. The Morgan fingerprint density at radius 1 is 1.47 bits per heavy atom.